The molecule has 0 aliphatic rings. The Kier molecular flexibility index (Phi) is 7.25. The lowest BCUT2D eigenvalue weighted by Crippen LogP contribution is -1.96. The smallest absolute Gasteiger partial charge is 0.212 e. The first-order chi connectivity index (χ1) is 15.2. The first kappa shape index (κ1) is 21.4. The Labute approximate surface area is 194 Å². The Morgan fingerprint density at radius 1 is 0.871 bits per heavy atom. The van der Waals surface area contributed by atoms with Crippen LogP contribution in [0.4, 0.5) is 0 Å². The van der Waals surface area contributed by atoms with E-state index < -0.39 is 0 Å². The molecular weight excluding hydrogens is 451 g/mol. The van der Waals surface area contributed by atoms with Crippen molar-refractivity contribution in [1.29, 1.82) is 0 Å². The first-order valence-corrected chi connectivity index (χ1v) is 11.2. The van der Waals surface area contributed by atoms with Gasteiger partial charge in [0, 0.05) is 15.8 Å². The van der Waals surface area contributed by atoms with E-state index in [0.717, 1.165) is 33.2 Å². The quantitative estimate of drug-likeness (QED) is 0.223. The van der Waals surface area contributed by atoms with Crippen molar-refractivity contribution in [2.45, 2.75) is 17.5 Å². The van der Waals surface area contributed by atoms with Crippen molar-refractivity contribution in [2.75, 3.05) is 0 Å². The van der Waals surface area contributed by atoms with E-state index in [-0.39, 0.29) is 0 Å². The van der Waals surface area contributed by atoms with Gasteiger partial charge >= 0.3 is 0 Å². The molecule has 31 heavy (non-hydrogen) atoms. The molecule has 0 saturated carbocycles. The average Bonchev–Trinajstić information content (AvgIpc) is 3.25. The van der Waals surface area contributed by atoms with Gasteiger partial charge in [-0.1, -0.05) is 59.2 Å². The van der Waals surface area contributed by atoms with Crippen LogP contribution in [-0.4, -0.2) is 21.1 Å². The minimum Gasteiger partial charge on any atom is -0.489 e. The zero-order valence-corrected chi connectivity index (χ0v) is 18.7. The van der Waals surface area contributed by atoms with Crippen molar-refractivity contribution in [1.82, 2.24) is 14.9 Å². The van der Waals surface area contributed by atoms with Gasteiger partial charge in [0.25, 0.3) is 0 Å². The fourth-order valence-corrected chi connectivity index (χ4v) is 3.72. The van der Waals surface area contributed by atoms with Gasteiger partial charge in [-0.3, -0.25) is 0 Å². The van der Waals surface area contributed by atoms with Crippen molar-refractivity contribution in [2.24, 2.45) is 5.10 Å². The zero-order chi connectivity index (χ0) is 21.5. The monoisotopic (exact) mass is 468 g/mol. The van der Waals surface area contributed by atoms with Crippen LogP contribution >= 0.6 is 35.0 Å². The molecule has 0 amide bonds. The van der Waals surface area contributed by atoms with Crippen LogP contribution in [-0.2, 0) is 12.4 Å². The van der Waals surface area contributed by atoms with Gasteiger partial charge in [-0.15, -0.1) is 10.2 Å². The van der Waals surface area contributed by atoms with Gasteiger partial charge in [-0.25, -0.2) is 0 Å². The number of benzene rings is 3. The Morgan fingerprint density at radius 2 is 1.52 bits per heavy atom. The minimum atomic E-state index is 0.486. The highest BCUT2D eigenvalue weighted by atomic mass is 35.5. The van der Waals surface area contributed by atoms with Crippen molar-refractivity contribution in [3.8, 4) is 5.75 Å². The normalized spacial score (nSPS) is 11.2. The van der Waals surface area contributed by atoms with E-state index in [1.807, 2.05) is 72.8 Å². The third kappa shape index (κ3) is 6.34. The van der Waals surface area contributed by atoms with Crippen LogP contribution in [0.15, 0.2) is 89.4 Å². The molecule has 0 aliphatic carbocycles. The highest BCUT2D eigenvalue weighted by molar-refractivity contribution is 7.98. The summed E-state index contributed by atoms with van der Waals surface area (Å²) in [6, 6.07) is 23.1. The highest BCUT2D eigenvalue weighted by Gasteiger charge is 2.05. The summed E-state index contributed by atoms with van der Waals surface area (Å²) in [5, 5.41) is 14.7. The molecule has 0 aliphatic heterocycles. The molecule has 3 aromatic carbocycles. The average molecular weight is 469 g/mol. The Hall–Kier alpha value is -2.80. The number of thioether (sulfide) groups is 1. The van der Waals surface area contributed by atoms with E-state index in [1.165, 1.54) is 0 Å². The number of rotatable bonds is 8. The fourth-order valence-electron chi connectivity index (χ4n) is 2.65. The molecule has 4 aromatic rings. The maximum atomic E-state index is 5.93. The van der Waals surface area contributed by atoms with E-state index in [0.29, 0.717) is 16.8 Å². The molecule has 0 fully saturated rings. The van der Waals surface area contributed by atoms with Gasteiger partial charge in [0.05, 0.1) is 6.21 Å². The third-order valence-electron chi connectivity index (χ3n) is 4.31. The standard InChI is InChI=1S/C23H18Cl2N4OS/c24-20-7-1-18(2-8-20)14-30-22-11-5-17(6-12-22)13-27-29-16-26-28-23(29)31-15-19-3-9-21(25)10-4-19/h1-13,16H,14-15H2/b27-13+. The van der Waals surface area contributed by atoms with Crippen molar-refractivity contribution >= 4 is 41.2 Å². The maximum Gasteiger partial charge on any atom is 0.212 e. The molecule has 1 heterocycles. The summed E-state index contributed by atoms with van der Waals surface area (Å²) in [7, 11) is 0. The summed E-state index contributed by atoms with van der Waals surface area (Å²) < 4.78 is 7.47. The van der Waals surface area contributed by atoms with Crippen molar-refractivity contribution in [3.63, 3.8) is 0 Å². The molecule has 5 nitrogen and oxygen atoms in total. The Morgan fingerprint density at radius 3 is 2.19 bits per heavy atom. The third-order valence-corrected chi connectivity index (χ3v) is 5.82. The van der Waals surface area contributed by atoms with Gasteiger partial charge in [0.1, 0.15) is 18.7 Å². The van der Waals surface area contributed by atoms with Crippen molar-refractivity contribution in [3.05, 3.63) is 106 Å². The summed E-state index contributed by atoms with van der Waals surface area (Å²) in [4.78, 5) is 0. The maximum absolute atomic E-state index is 5.93. The van der Waals surface area contributed by atoms with Gasteiger partial charge < -0.3 is 4.74 Å². The number of hydrogen-bond acceptors (Lipinski definition) is 5. The lowest BCUT2D eigenvalue weighted by atomic mass is 10.2. The molecule has 0 saturated heterocycles. The number of aromatic nitrogens is 3. The molecule has 0 atom stereocenters. The van der Waals surface area contributed by atoms with E-state index >= 15 is 0 Å². The van der Waals surface area contributed by atoms with Crippen LogP contribution in [0.2, 0.25) is 10.0 Å². The topological polar surface area (TPSA) is 52.3 Å². The van der Waals surface area contributed by atoms with E-state index in [2.05, 4.69) is 15.3 Å². The number of halogens is 2. The summed E-state index contributed by atoms with van der Waals surface area (Å²) in [5.74, 6) is 1.54. The number of hydrogen-bond donors (Lipinski definition) is 0. The molecule has 156 valence electrons. The molecule has 0 spiro atoms. The first-order valence-electron chi connectivity index (χ1n) is 9.45. The molecule has 1 aromatic heterocycles. The van der Waals surface area contributed by atoms with Gasteiger partial charge in [0.2, 0.25) is 5.16 Å². The summed E-state index contributed by atoms with van der Waals surface area (Å²) >= 11 is 13.4. The van der Waals surface area contributed by atoms with Gasteiger partial charge in [0.15, 0.2) is 0 Å². The molecule has 0 unspecified atom stereocenters. The van der Waals surface area contributed by atoms with Gasteiger partial charge in [-0.2, -0.15) is 9.78 Å². The second kappa shape index (κ2) is 10.5. The lowest BCUT2D eigenvalue weighted by molar-refractivity contribution is 0.306. The largest absolute Gasteiger partial charge is 0.489 e. The minimum absolute atomic E-state index is 0.486. The Bertz CT molecular complexity index is 1140. The molecule has 0 radical (unpaired) electrons. The second-order valence-electron chi connectivity index (χ2n) is 6.60. The van der Waals surface area contributed by atoms with Crippen LogP contribution in [0.3, 0.4) is 0 Å². The van der Waals surface area contributed by atoms with Crippen LogP contribution in [0.5, 0.6) is 5.75 Å². The Balaban J connectivity index is 1.33. The molecular formula is C23H18Cl2N4OS. The zero-order valence-electron chi connectivity index (χ0n) is 16.4. The SMILES string of the molecule is Clc1ccc(COc2ccc(/C=N/n3cnnc3SCc3ccc(Cl)cc3)cc2)cc1. The molecule has 0 bridgehead atoms. The molecule has 4 rings (SSSR count). The molecule has 8 heteroatoms. The number of nitrogens with zero attached hydrogens (tertiary/aromatic N) is 4. The summed E-state index contributed by atoms with van der Waals surface area (Å²) in [5.41, 5.74) is 3.16. The van der Waals surface area contributed by atoms with Crippen LogP contribution in [0.1, 0.15) is 16.7 Å². The predicted octanol–water partition coefficient (Wildman–Crippen LogP) is 6.34. The molecule has 0 N–H and O–H groups in total. The second-order valence-corrected chi connectivity index (χ2v) is 8.42. The number of ether oxygens (including phenoxy) is 1. The lowest BCUT2D eigenvalue weighted by Gasteiger charge is -2.06. The predicted molar refractivity (Wildman–Crippen MR) is 126 cm³/mol. The van der Waals surface area contributed by atoms with Crippen molar-refractivity contribution < 1.29 is 4.74 Å². The van der Waals surface area contributed by atoms with Crippen LogP contribution < -0.4 is 4.74 Å². The van der Waals surface area contributed by atoms with E-state index in [1.54, 1.807) is 29.0 Å². The highest BCUT2D eigenvalue weighted by Crippen LogP contribution is 2.22. The summed E-state index contributed by atoms with van der Waals surface area (Å²) in [6.45, 7) is 0.486. The van der Waals surface area contributed by atoms with Crippen LogP contribution in [0.25, 0.3) is 0 Å². The van der Waals surface area contributed by atoms with Gasteiger partial charge in [-0.05, 0) is 65.2 Å². The van der Waals surface area contributed by atoms with E-state index in [9.17, 15) is 0 Å². The van der Waals surface area contributed by atoms with Crippen LogP contribution in [0, 0.1) is 0 Å². The van der Waals surface area contributed by atoms with E-state index in [4.69, 9.17) is 27.9 Å². The summed E-state index contributed by atoms with van der Waals surface area (Å²) in [6.07, 6.45) is 3.35. The fraction of sp³-hybridized carbons (Fsp3) is 0.0870.